The molecule has 6 nitrogen and oxygen atoms in total. The molecule has 4 rings (SSSR count). The van der Waals surface area contributed by atoms with Crippen LogP contribution in [0, 0.1) is 0 Å². The van der Waals surface area contributed by atoms with E-state index >= 15 is 0 Å². The summed E-state index contributed by atoms with van der Waals surface area (Å²) in [5.74, 6) is -1.60. The van der Waals surface area contributed by atoms with Crippen molar-refractivity contribution in [2.24, 2.45) is 0 Å². The number of fused-ring (bicyclic) bond motifs is 3. The van der Waals surface area contributed by atoms with E-state index in [-0.39, 0.29) is 24.4 Å². The molecule has 10 heteroatoms. The van der Waals surface area contributed by atoms with Gasteiger partial charge < -0.3 is 10.1 Å². The van der Waals surface area contributed by atoms with Gasteiger partial charge in [0.05, 0.1) is 11.3 Å². The smallest absolute Gasteiger partial charge is 0.416 e. The third-order valence-electron chi connectivity index (χ3n) is 5.13. The van der Waals surface area contributed by atoms with Crippen LogP contribution in [0.2, 0.25) is 0 Å². The second kappa shape index (κ2) is 7.60. The molecule has 0 unspecified atom stereocenters. The van der Waals surface area contributed by atoms with Gasteiger partial charge in [-0.1, -0.05) is 23.9 Å². The third kappa shape index (κ3) is 3.76. The number of halogens is 3. The van der Waals surface area contributed by atoms with Crippen molar-refractivity contribution < 1.29 is 32.3 Å². The highest BCUT2D eigenvalue weighted by Gasteiger charge is 2.59. The summed E-state index contributed by atoms with van der Waals surface area (Å²) in [7, 11) is 0. The molecule has 1 N–H and O–H groups in total. The number of carbonyl (C=O) groups is 3. The number of hydrogen-bond donors (Lipinski definition) is 1. The van der Waals surface area contributed by atoms with Crippen molar-refractivity contribution in [3.05, 3.63) is 54.1 Å². The molecule has 162 valence electrons. The molecule has 2 aliphatic rings. The second-order valence-electron chi connectivity index (χ2n) is 7.20. The Balaban J connectivity index is 1.45. The van der Waals surface area contributed by atoms with Gasteiger partial charge in [-0.3, -0.25) is 14.5 Å². The summed E-state index contributed by atoms with van der Waals surface area (Å²) < 4.78 is 43.4. The lowest BCUT2D eigenvalue weighted by molar-refractivity contribution is -0.155. The molecule has 0 aliphatic carbocycles. The minimum absolute atomic E-state index is 0.138. The van der Waals surface area contributed by atoms with E-state index in [0.717, 1.165) is 29.2 Å². The number of alkyl halides is 3. The zero-order valence-electron chi connectivity index (χ0n) is 16.2. The zero-order valence-corrected chi connectivity index (χ0v) is 17.0. The largest absolute Gasteiger partial charge is 0.450 e. The quantitative estimate of drug-likeness (QED) is 0.707. The van der Waals surface area contributed by atoms with Crippen LogP contribution in [0.3, 0.4) is 0 Å². The van der Waals surface area contributed by atoms with E-state index in [1.165, 1.54) is 23.6 Å². The molecular weight excluding hydrogens is 433 g/mol. The molecule has 31 heavy (non-hydrogen) atoms. The van der Waals surface area contributed by atoms with Crippen LogP contribution in [-0.2, 0) is 25.3 Å². The molecule has 2 aliphatic heterocycles. The molecule has 2 aromatic carbocycles. The number of carbonyl (C=O) groups excluding carboxylic acids is 3. The standard InChI is InChI=1S/C21H17F3N2O4S/c1-12(18(28)25-14-8-6-13(7-9-14)21(22,23)24)30-19(29)20-11-10-17(27)26(20)15-4-2-3-5-16(15)31-20/h2-9,12H,10-11H2,1H3,(H,25,28)/t12-,20+/m0/s1. The number of thioether (sulfide) groups is 1. The average molecular weight is 450 g/mol. The van der Waals surface area contributed by atoms with Gasteiger partial charge in [-0.05, 0) is 43.3 Å². The molecule has 2 heterocycles. The molecule has 0 radical (unpaired) electrons. The number of rotatable bonds is 4. The monoisotopic (exact) mass is 450 g/mol. The van der Waals surface area contributed by atoms with Crippen LogP contribution in [0.4, 0.5) is 24.5 Å². The van der Waals surface area contributed by atoms with Crippen molar-refractivity contribution in [3.63, 3.8) is 0 Å². The lowest BCUT2D eigenvalue weighted by atomic mass is 10.2. The summed E-state index contributed by atoms with van der Waals surface area (Å²) in [6, 6.07) is 11.1. The fraction of sp³-hybridized carbons (Fsp3) is 0.286. The van der Waals surface area contributed by atoms with E-state index in [1.54, 1.807) is 24.3 Å². The highest BCUT2D eigenvalue weighted by atomic mass is 32.2. The summed E-state index contributed by atoms with van der Waals surface area (Å²) >= 11 is 1.22. The van der Waals surface area contributed by atoms with E-state index in [9.17, 15) is 27.6 Å². The summed E-state index contributed by atoms with van der Waals surface area (Å²) in [6.07, 6.45) is -5.27. The van der Waals surface area contributed by atoms with Crippen LogP contribution in [0.5, 0.6) is 0 Å². The first kappa shape index (κ1) is 21.2. The number of para-hydroxylation sites is 1. The Hall–Kier alpha value is -3.01. The number of nitrogens with one attached hydrogen (secondary N) is 1. The van der Waals surface area contributed by atoms with Gasteiger partial charge in [-0.15, -0.1) is 0 Å². The topological polar surface area (TPSA) is 75.7 Å². The Kier molecular flexibility index (Phi) is 5.20. The van der Waals surface area contributed by atoms with Gasteiger partial charge in [0.15, 0.2) is 11.0 Å². The van der Waals surface area contributed by atoms with Crippen molar-refractivity contribution >= 4 is 40.9 Å². The fourth-order valence-corrected chi connectivity index (χ4v) is 4.97. The average Bonchev–Trinajstić information content (AvgIpc) is 3.23. The van der Waals surface area contributed by atoms with Crippen LogP contribution < -0.4 is 10.2 Å². The molecule has 2 atom stereocenters. The minimum Gasteiger partial charge on any atom is -0.450 e. The predicted octanol–water partition coefficient (Wildman–Crippen LogP) is 4.20. The predicted molar refractivity (Wildman–Crippen MR) is 107 cm³/mol. The lowest BCUT2D eigenvalue weighted by Gasteiger charge is -2.29. The maximum absolute atomic E-state index is 13.0. The van der Waals surface area contributed by atoms with Gasteiger partial charge >= 0.3 is 12.1 Å². The van der Waals surface area contributed by atoms with Crippen molar-refractivity contribution in [3.8, 4) is 0 Å². The summed E-state index contributed by atoms with van der Waals surface area (Å²) in [5, 5.41) is 2.43. The Bertz CT molecular complexity index is 1060. The van der Waals surface area contributed by atoms with Crippen LogP contribution >= 0.6 is 11.8 Å². The number of ether oxygens (including phenoxy) is 1. The molecule has 0 aromatic heterocycles. The van der Waals surface area contributed by atoms with Gasteiger partial charge in [0.25, 0.3) is 5.91 Å². The second-order valence-corrected chi connectivity index (χ2v) is 8.51. The van der Waals surface area contributed by atoms with Crippen molar-refractivity contribution in [2.75, 3.05) is 10.2 Å². The summed E-state index contributed by atoms with van der Waals surface area (Å²) in [4.78, 5) is 38.8. The molecular formula is C21H17F3N2O4S. The Morgan fingerprint density at radius 2 is 1.84 bits per heavy atom. The van der Waals surface area contributed by atoms with Gasteiger partial charge in [0.1, 0.15) is 0 Å². The first-order valence-corrected chi connectivity index (χ1v) is 10.2. The lowest BCUT2D eigenvalue weighted by Crippen LogP contribution is -2.49. The van der Waals surface area contributed by atoms with Gasteiger partial charge in [-0.2, -0.15) is 13.2 Å². The summed E-state index contributed by atoms with van der Waals surface area (Å²) in [6.45, 7) is 1.36. The van der Waals surface area contributed by atoms with E-state index in [1.807, 2.05) is 0 Å². The molecule has 1 saturated heterocycles. The number of amides is 2. The van der Waals surface area contributed by atoms with Crippen LogP contribution in [0.15, 0.2) is 53.4 Å². The molecule has 2 aromatic rings. The molecule has 2 amide bonds. The van der Waals surface area contributed by atoms with Crippen LogP contribution in [-0.4, -0.2) is 28.8 Å². The molecule has 0 spiro atoms. The van der Waals surface area contributed by atoms with E-state index in [2.05, 4.69) is 5.32 Å². The maximum atomic E-state index is 13.0. The van der Waals surface area contributed by atoms with Crippen molar-refractivity contribution in [1.82, 2.24) is 0 Å². The maximum Gasteiger partial charge on any atom is 0.416 e. The fourth-order valence-electron chi connectivity index (χ4n) is 3.56. The SMILES string of the molecule is C[C@H](OC(=O)[C@]12CCC(=O)N1c1ccccc1S2)C(=O)Nc1ccc(C(F)(F)F)cc1. The van der Waals surface area contributed by atoms with Gasteiger partial charge in [-0.25, -0.2) is 4.79 Å². The zero-order chi connectivity index (χ0) is 22.4. The number of hydrogen-bond acceptors (Lipinski definition) is 5. The highest BCUT2D eigenvalue weighted by molar-refractivity contribution is 8.02. The van der Waals surface area contributed by atoms with Gasteiger partial charge in [0, 0.05) is 23.4 Å². The highest BCUT2D eigenvalue weighted by Crippen LogP contribution is 2.56. The van der Waals surface area contributed by atoms with E-state index in [4.69, 9.17) is 4.74 Å². The first-order valence-electron chi connectivity index (χ1n) is 9.42. The van der Waals surface area contributed by atoms with Gasteiger partial charge in [0.2, 0.25) is 5.91 Å². The minimum atomic E-state index is -4.48. The van der Waals surface area contributed by atoms with E-state index < -0.39 is 34.6 Å². The van der Waals surface area contributed by atoms with Crippen molar-refractivity contribution in [1.29, 1.82) is 0 Å². The van der Waals surface area contributed by atoms with Crippen LogP contribution in [0.25, 0.3) is 0 Å². The third-order valence-corrected chi connectivity index (χ3v) is 6.58. The normalized spacial score (nSPS) is 20.8. The molecule has 1 fully saturated rings. The Labute approximate surface area is 179 Å². The molecule has 0 bridgehead atoms. The Morgan fingerprint density at radius 1 is 1.16 bits per heavy atom. The Morgan fingerprint density at radius 3 is 2.52 bits per heavy atom. The number of nitrogens with zero attached hydrogens (tertiary/aromatic N) is 1. The first-order chi connectivity index (χ1) is 14.6. The van der Waals surface area contributed by atoms with E-state index in [0.29, 0.717) is 5.69 Å². The number of esters is 1. The number of benzene rings is 2. The summed E-state index contributed by atoms with van der Waals surface area (Å²) in [5.41, 5.74) is -0.0684. The van der Waals surface area contributed by atoms with Crippen LogP contribution in [0.1, 0.15) is 25.3 Å². The molecule has 0 saturated carbocycles. The number of anilines is 2. The van der Waals surface area contributed by atoms with Crippen molar-refractivity contribution in [2.45, 2.75) is 41.8 Å².